The van der Waals surface area contributed by atoms with Gasteiger partial charge in [0.2, 0.25) is 0 Å². The molecule has 0 aromatic carbocycles. The Hall–Kier alpha value is -1.38. The second-order valence-corrected chi connectivity index (χ2v) is 7.08. The van der Waals surface area contributed by atoms with E-state index < -0.39 is 10.0 Å². The molecule has 0 saturated heterocycles. The first-order valence-electron chi connectivity index (χ1n) is 6.34. The van der Waals surface area contributed by atoms with Crippen molar-refractivity contribution in [3.63, 3.8) is 0 Å². The quantitative estimate of drug-likeness (QED) is 0.812. The van der Waals surface area contributed by atoms with Gasteiger partial charge in [-0.3, -0.25) is 4.72 Å². The lowest BCUT2D eigenvalue weighted by Crippen LogP contribution is -2.21. The number of rotatable bonds is 6. The highest BCUT2D eigenvalue weighted by Gasteiger charge is 2.23. The molecule has 0 spiro atoms. The standard InChI is InChI=1S/C13H16BrN3O3S/c1-9(2)16-8-10-7-11(13(14)20-10)21(18,19)17-12-5-3-4-6-15-12/h3-7,9,16H,8H2,1-2H3,(H,15,17). The van der Waals surface area contributed by atoms with Gasteiger partial charge in [0.15, 0.2) is 4.67 Å². The molecule has 2 N–H and O–H groups in total. The van der Waals surface area contributed by atoms with Gasteiger partial charge in [0, 0.05) is 18.3 Å². The molecular weight excluding hydrogens is 358 g/mol. The van der Waals surface area contributed by atoms with Crippen LogP contribution in [0.1, 0.15) is 19.6 Å². The molecule has 114 valence electrons. The van der Waals surface area contributed by atoms with Gasteiger partial charge in [-0.05, 0) is 28.1 Å². The highest BCUT2D eigenvalue weighted by atomic mass is 79.9. The molecule has 2 aromatic heterocycles. The minimum Gasteiger partial charge on any atom is -0.451 e. The Balaban J connectivity index is 2.20. The number of nitrogens with zero attached hydrogens (tertiary/aromatic N) is 1. The Kier molecular flexibility index (Phi) is 5.02. The molecule has 2 rings (SSSR count). The molecule has 0 atom stereocenters. The van der Waals surface area contributed by atoms with Crippen LogP contribution < -0.4 is 10.0 Å². The number of sulfonamides is 1. The number of hydrogen-bond donors (Lipinski definition) is 2. The molecule has 2 aromatic rings. The SMILES string of the molecule is CC(C)NCc1cc(S(=O)(=O)Nc2ccccn2)c(Br)o1. The van der Waals surface area contributed by atoms with Gasteiger partial charge in [-0.25, -0.2) is 13.4 Å². The predicted octanol–water partition coefficient (Wildman–Crippen LogP) is 2.74. The van der Waals surface area contributed by atoms with Crippen LogP contribution in [0.5, 0.6) is 0 Å². The Labute approximate surface area is 132 Å². The predicted molar refractivity (Wildman–Crippen MR) is 83.4 cm³/mol. The largest absolute Gasteiger partial charge is 0.451 e. The van der Waals surface area contributed by atoms with Crippen LogP contribution in [0.15, 0.2) is 44.4 Å². The zero-order valence-corrected chi connectivity index (χ0v) is 14.0. The van der Waals surface area contributed by atoms with Gasteiger partial charge in [-0.15, -0.1) is 0 Å². The molecule has 0 saturated carbocycles. The van der Waals surface area contributed by atoms with Gasteiger partial charge in [0.1, 0.15) is 16.5 Å². The number of nitrogens with one attached hydrogen (secondary N) is 2. The third-order valence-electron chi connectivity index (χ3n) is 2.58. The van der Waals surface area contributed by atoms with Gasteiger partial charge in [0.05, 0.1) is 6.54 Å². The van der Waals surface area contributed by atoms with E-state index in [2.05, 4.69) is 31.0 Å². The summed E-state index contributed by atoms with van der Waals surface area (Å²) in [5, 5.41) is 3.16. The first-order valence-corrected chi connectivity index (χ1v) is 8.61. The van der Waals surface area contributed by atoms with Crippen LogP contribution in [-0.2, 0) is 16.6 Å². The monoisotopic (exact) mass is 373 g/mol. The van der Waals surface area contributed by atoms with Crippen molar-refractivity contribution < 1.29 is 12.8 Å². The Morgan fingerprint density at radius 1 is 1.38 bits per heavy atom. The number of aromatic nitrogens is 1. The minimum absolute atomic E-state index is 0.0497. The van der Waals surface area contributed by atoms with Crippen LogP contribution in [-0.4, -0.2) is 19.4 Å². The third-order valence-corrected chi connectivity index (χ3v) is 4.80. The van der Waals surface area contributed by atoms with Crippen molar-refractivity contribution in [1.29, 1.82) is 0 Å². The van der Waals surface area contributed by atoms with Gasteiger partial charge in [-0.2, -0.15) is 0 Å². The van der Waals surface area contributed by atoms with Crippen LogP contribution >= 0.6 is 15.9 Å². The number of anilines is 1. The van der Waals surface area contributed by atoms with Gasteiger partial charge in [0.25, 0.3) is 10.0 Å². The smallest absolute Gasteiger partial charge is 0.267 e. The van der Waals surface area contributed by atoms with Crippen molar-refractivity contribution in [3.05, 3.63) is 40.9 Å². The summed E-state index contributed by atoms with van der Waals surface area (Å²) in [6.45, 7) is 4.45. The van der Waals surface area contributed by atoms with Crippen molar-refractivity contribution in [2.75, 3.05) is 4.72 Å². The summed E-state index contributed by atoms with van der Waals surface area (Å²) in [6, 6.07) is 6.76. The summed E-state index contributed by atoms with van der Waals surface area (Å²) in [4.78, 5) is 3.99. The van der Waals surface area contributed by atoms with Gasteiger partial charge >= 0.3 is 0 Å². The maximum absolute atomic E-state index is 12.3. The lowest BCUT2D eigenvalue weighted by molar-refractivity contribution is 0.447. The summed E-state index contributed by atoms with van der Waals surface area (Å²) in [7, 11) is -3.74. The van der Waals surface area contributed by atoms with Crippen LogP contribution in [0.3, 0.4) is 0 Å². The lowest BCUT2D eigenvalue weighted by atomic mass is 10.3. The van der Waals surface area contributed by atoms with E-state index in [0.29, 0.717) is 12.3 Å². The molecule has 8 heteroatoms. The topological polar surface area (TPSA) is 84.2 Å². The first kappa shape index (κ1) is 16.0. The van der Waals surface area contributed by atoms with E-state index in [-0.39, 0.29) is 21.4 Å². The van der Waals surface area contributed by atoms with Gasteiger partial charge < -0.3 is 9.73 Å². The molecule has 0 fully saturated rings. The molecule has 0 aliphatic rings. The Bertz CT molecular complexity index is 699. The summed E-state index contributed by atoms with van der Waals surface area (Å²) in [5.41, 5.74) is 0. The van der Waals surface area contributed by atoms with Crippen LogP contribution in [0.4, 0.5) is 5.82 Å². The molecule has 0 radical (unpaired) electrons. The fourth-order valence-electron chi connectivity index (χ4n) is 1.59. The fraction of sp³-hybridized carbons (Fsp3) is 0.308. The molecule has 21 heavy (non-hydrogen) atoms. The van der Waals surface area contributed by atoms with Crippen molar-refractivity contribution in [1.82, 2.24) is 10.3 Å². The van der Waals surface area contributed by atoms with E-state index >= 15 is 0 Å². The third kappa shape index (κ3) is 4.29. The average Bonchev–Trinajstić information content (AvgIpc) is 2.79. The maximum Gasteiger partial charge on any atom is 0.267 e. The van der Waals surface area contributed by atoms with Gasteiger partial charge in [-0.1, -0.05) is 19.9 Å². The van der Waals surface area contributed by atoms with E-state index in [1.807, 2.05) is 13.8 Å². The molecule has 0 amide bonds. The van der Waals surface area contributed by atoms with Crippen molar-refractivity contribution >= 4 is 31.8 Å². The summed E-state index contributed by atoms with van der Waals surface area (Å²) >= 11 is 3.14. The minimum atomic E-state index is -3.74. The highest BCUT2D eigenvalue weighted by Crippen LogP contribution is 2.27. The number of halogens is 1. The van der Waals surface area contributed by atoms with Crippen LogP contribution in [0, 0.1) is 0 Å². The zero-order valence-electron chi connectivity index (χ0n) is 11.6. The zero-order chi connectivity index (χ0) is 15.5. The summed E-state index contributed by atoms with van der Waals surface area (Å²) < 4.78 is 32.6. The first-order chi connectivity index (χ1) is 9.88. The second kappa shape index (κ2) is 6.59. The van der Waals surface area contributed by atoms with E-state index in [4.69, 9.17) is 4.42 Å². The highest BCUT2D eigenvalue weighted by molar-refractivity contribution is 9.10. The summed E-state index contributed by atoms with van der Waals surface area (Å²) in [6.07, 6.45) is 1.51. The molecular formula is C13H16BrN3O3S. The average molecular weight is 374 g/mol. The van der Waals surface area contributed by atoms with Crippen molar-refractivity contribution in [2.45, 2.75) is 31.3 Å². The molecule has 0 aliphatic heterocycles. The van der Waals surface area contributed by atoms with E-state index in [1.165, 1.54) is 12.3 Å². The van der Waals surface area contributed by atoms with E-state index in [9.17, 15) is 8.42 Å². The van der Waals surface area contributed by atoms with Crippen molar-refractivity contribution in [2.24, 2.45) is 0 Å². The Morgan fingerprint density at radius 2 is 2.14 bits per heavy atom. The molecule has 0 aliphatic carbocycles. The van der Waals surface area contributed by atoms with Crippen LogP contribution in [0.25, 0.3) is 0 Å². The van der Waals surface area contributed by atoms with E-state index in [1.54, 1.807) is 18.2 Å². The fourth-order valence-corrected chi connectivity index (χ4v) is 3.60. The molecule has 0 bridgehead atoms. The van der Waals surface area contributed by atoms with Crippen molar-refractivity contribution in [3.8, 4) is 0 Å². The second-order valence-electron chi connectivity index (χ2n) is 4.71. The molecule has 2 heterocycles. The lowest BCUT2D eigenvalue weighted by Gasteiger charge is -2.05. The molecule has 6 nitrogen and oxygen atoms in total. The summed E-state index contributed by atoms with van der Waals surface area (Å²) in [5.74, 6) is 0.796. The number of hydrogen-bond acceptors (Lipinski definition) is 5. The van der Waals surface area contributed by atoms with Crippen LogP contribution in [0.2, 0.25) is 0 Å². The normalized spacial score (nSPS) is 11.8. The maximum atomic E-state index is 12.3. The number of furan rings is 1. The van der Waals surface area contributed by atoms with E-state index in [0.717, 1.165) is 0 Å². The molecule has 0 unspecified atom stereocenters. The Morgan fingerprint density at radius 3 is 2.76 bits per heavy atom. The number of pyridine rings is 1.